The first-order valence-corrected chi connectivity index (χ1v) is 28.4. The van der Waals surface area contributed by atoms with Crippen molar-refractivity contribution in [3.05, 3.63) is 86.8 Å². The standard InChI is InChI=1S/C52H62BrFN11O7P/c1-7-10-41(49(67)56-30-66)65-44-25-33(54)24-43(46(44)72-52(65)69)64-28-32(29-64)50(68)63-21-19-61(20-22-63)35-15-17-62(18-16-35)42-26-45(71-4)40(23-31(42)8-2)59-51-55-27-37(53)48(60-51)58-39-14-13-38-36(47(39)73(5,6)70)12-11-34(9-3)57-38/h11-14,23-27,30,32,35,41H,7-10,15-22,28-29H2,1-6H3,(H,56,66,67)(H2,55,58,59,60). The van der Waals surface area contributed by atoms with Crippen LogP contribution in [0, 0.1) is 11.7 Å². The number of hydrogen-bond donors (Lipinski definition) is 3. The molecule has 1 unspecified atom stereocenters. The smallest absolute Gasteiger partial charge is 0.420 e. The molecular formula is C52H62BrFN11O7P. The second kappa shape index (κ2) is 21.6. The average molecular weight is 1080 g/mol. The number of hydrogen-bond acceptors (Lipinski definition) is 15. The van der Waals surface area contributed by atoms with Crippen LogP contribution >= 0.6 is 23.1 Å². The summed E-state index contributed by atoms with van der Waals surface area (Å²) in [6, 6.07) is 13.8. The number of oxazole rings is 1. The summed E-state index contributed by atoms with van der Waals surface area (Å²) in [5, 5.41) is 10.5. The number of imide groups is 1. The summed E-state index contributed by atoms with van der Waals surface area (Å²) < 4.78 is 42.2. The van der Waals surface area contributed by atoms with E-state index < -0.39 is 30.7 Å². The zero-order chi connectivity index (χ0) is 51.7. The normalized spacial score (nSPS) is 16.4. The number of nitrogens with one attached hydrogen (secondary N) is 3. The lowest BCUT2D eigenvalue weighted by Gasteiger charge is -2.46. The van der Waals surface area contributed by atoms with Crippen molar-refractivity contribution in [3.63, 3.8) is 0 Å². The van der Waals surface area contributed by atoms with E-state index in [1.54, 1.807) is 26.6 Å². The van der Waals surface area contributed by atoms with E-state index in [1.165, 1.54) is 6.07 Å². The Morgan fingerprint density at radius 1 is 0.932 bits per heavy atom. The van der Waals surface area contributed by atoms with Crippen molar-refractivity contribution in [1.29, 1.82) is 0 Å². The molecule has 3 amide bonds. The summed E-state index contributed by atoms with van der Waals surface area (Å²) in [6.45, 7) is 14.8. The molecule has 6 aromatic rings. The Hall–Kier alpha value is -6.37. The Morgan fingerprint density at radius 2 is 1.68 bits per heavy atom. The number of anilines is 6. The largest absolute Gasteiger partial charge is 0.494 e. The number of methoxy groups -OCH3 is 1. The SMILES string of the molecule is CCCC(C(=O)NC=O)n1c(=O)oc2c(N3CC(C(=O)N4CCN(C5CCN(c6cc(OC)c(Nc7ncc(Br)c(Nc8ccc9nc(CC)ccc9c8P(C)(C)=O)n7)cc6CC)CC5)CC4)C3)cc(F)cc21. The van der Waals surface area contributed by atoms with E-state index in [4.69, 9.17) is 19.1 Å². The third-order valence-electron chi connectivity index (χ3n) is 14.4. The lowest BCUT2D eigenvalue weighted by Crippen LogP contribution is -2.59. The molecule has 73 heavy (non-hydrogen) atoms. The highest BCUT2D eigenvalue weighted by molar-refractivity contribution is 9.10. The Labute approximate surface area is 431 Å². The van der Waals surface area contributed by atoms with Gasteiger partial charge in [-0.25, -0.2) is 14.2 Å². The second-order valence-corrected chi connectivity index (χ2v) is 23.3. The summed E-state index contributed by atoms with van der Waals surface area (Å²) >= 11 is 3.62. The van der Waals surface area contributed by atoms with Crippen LogP contribution in [0.2, 0.25) is 0 Å². The molecule has 3 aromatic carbocycles. The Morgan fingerprint density at radius 3 is 2.36 bits per heavy atom. The summed E-state index contributed by atoms with van der Waals surface area (Å²) in [5.41, 5.74) is 6.08. The van der Waals surface area contributed by atoms with Crippen LogP contribution in [0.25, 0.3) is 22.0 Å². The quantitative estimate of drug-likeness (QED) is 0.0596. The molecule has 21 heteroatoms. The van der Waals surface area contributed by atoms with Gasteiger partial charge in [0.25, 0.3) is 0 Å². The van der Waals surface area contributed by atoms with Crippen molar-refractivity contribution in [3.8, 4) is 5.75 Å². The predicted molar refractivity (Wildman–Crippen MR) is 287 cm³/mol. The maximum absolute atomic E-state index is 15.1. The Bertz CT molecular complexity index is 3180. The number of benzene rings is 3. The van der Waals surface area contributed by atoms with Gasteiger partial charge in [0, 0.05) is 105 Å². The van der Waals surface area contributed by atoms with Crippen molar-refractivity contribution in [2.75, 3.05) is 93.2 Å². The number of aromatic nitrogens is 4. The van der Waals surface area contributed by atoms with Gasteiger partial charge in [-0.15, -0.1) is 0 Å². The van der Waals surface area contributed by atoms with E-state index in [2.05, 4.69) is 72.6 Å². The van der Waals surface area contributed by atoms with Crippen LogP contribution in [0.1, 0.15) is 63.8 Å². The third kappa shape index (κ3) is 10.6. The third-order valence-corrected chi connectivity index (χ3v) is 16.5. The molecule has 3 fully saturated rings. The van der Waals surface area contributed by atoms with Crippen LogP contribution in [0.15, 0.2) is 68.4 Å². The fourth-order valence-corrected chi connectivity index (χ4v) is 12.4. The van der Waals surface area contributed by atoms with E-state index in [1.807, 2.05) is 41.0 Å². The number of ether oxygens (including phenoxy) is 1. The van der Waals surface area contributed by atoms with E-state index in [-0.39, 0.29) is 35.8 Å². The van der Waals surface area contributed by atoms with Gasteiger partial charge in [0.2, 0.25) is 24.2 Å². The number of carbonyl (C=O) groups is 3. The Kier molecular flexibility index (Phi) is 15.3. The van der Waals surface area contributed by atoms with Crippen molar-refractivity contribution >= 4 is 103 Å². The molecular weight excluding hydrogens is 1020 g/mol. The minimum atomic E-state index is -2.76. The van der Waals surface area contributed by atoms with E-state index in [0.717, 1.165) is 96.0 Å². The highest BCUT2D eigenvalue weighted by atomic mass is 79.9. The van der Waals surface area contributed by atoms with Crippen molar-refractivity contribution in [2.45, 2.75) is 71.4 Å². The van der Waals surface area contributed by atoms with E-state index in [0.29, 0.717) is 77.3 Å². The molecule has 1 atom stereocenters. The van der Waals surface area contributed by atoms with Gasteiger partial charge in [0.1, 0.15) is 30.6 Å². The zero-order valence-electron chi connectivity index (χ0n) is 42.0. The van der Waals surface area contributed by atoms with Crippen molar-refractivity contribution in [1.82, 2.24) is 34.6 Å². The second-order valence-electron chi connectivity index (χ2n) is 19.3. The monoisotopic (exact) mass is 1080 g/mol. The van der Waals surface area contributed by atoms with Gasteiger partial charge in [-0.2, -0.15) is 4.98 Å². The topological polar surface area (TPSA) is 200 Å². The fraction of sp³-hybridized carbons (Fsp3) is 0.442. The summed E-state index contributed by atoms with van der Waals surface area (Å²) in [6.07, 6.45) is 6.25. The van der Waals surface area contributed by atoms with Crippen LogP contribution < -0.4 is 41.5 Å². The number of carbonyl (C=O) groups excluding carboxylic acids is 3. The Balaban J connectivity index is 0.804. The van der Waals surface area contributed by atoms with Crippen molar-refractivity contribution < 1.29 is 32.5 Å². The zero-order valence-corrected chi connectivity index (χ0v) is 44.5. The number of aryl methyl sites for hydroxylation is 2. The molecule has 6 heterocycles. The molecule has 3 aliphatic rings. The van der Waals surface area contributed by atoms with Gasteiger partial charge in [-0.1, -0.05) is 33.3 Å². The summed E-state index contributed by atoms with van der Waals surface area (Å²) in [7, 11) is -1.11. The van der Waals surface area contributed by atoms with Crippen LogP contribution in [-0.2, 0) is 31.8 Å². The van der Waals surface area contributed by atoms with Gasteiger partial charge in [0.05, 0.1) is 45.6 Å². The molecule has 0 radical (unpaired) electrons. The first-order valence-electron chi connectivity index (χ1n) is 25.0. The minimum Gasteiger partial charge on any atom is -0.494 e. The average Bonchev–Trinajstić information content (AvgIpc) is 3.70. The van der Waals surface area contributed by atoms with Gasteiger partial charge >= 0.3 is 5.76 Å². The first kappa shape index (κ1) is 51.5. The number of nitrogens with zero attached hydrogens (tertiary/aromatic N) is 8. The number of pyridine rings is 1. The highest BCUT2D eigenvalue weighted by Gasteiger charge is 2.39. The molecule has 3 aromatic heterocycles. The fourth-order valence-electron chi connectivity index (χ4n) is 10.6. The lowest BCUT2D eigenvalue weighted by molar-refractivity contribution is -0.138. The summed E-state index contributed by atoms with van der Waals surface area (Å²) in [4.78, 5) is 73.5. The van der Waals surface area contributed by atoms with Crippen LogP contribution in [0.5, 0.6) is 5.75 Å². The number of halogens is 2. The molecule has 3 aliphatic heterocycles. The van der Waals surface area contributed by atoms with Crippen molar-refractivity contribution in [2.24, 2.45) is 5.92 Å². The molecule has 3 N–H and O–H groups in total. The maximum atomic E-state index is 15.1. The lowest BCUT2D eigenvalue weighted by atomic mass is 9.96. The number of piperazine rings is 1. The van der Waals surface area contributed by atoms with Gasteiger partial charge in [-0.05, 0) is 91.2 Å². The van der Waals surface area contributed by atoms with Crippen LogP contribution in [-0.4, -0.2) is 126 Å². The number of piperidine rings is 1. The van der Waals surface area contributed by atoms with E-state index in [9.17, 15) is 23.7 Å². The molecule has 0 spiro atoms. The van der Waals surface area contributed by atoms with Gasteiger partial charge in [-0.3, -0.25) is 34.2 Å². The van der Waals surface area contributed by atoms with Gasteiger partial charge < -0.3 is 39.1 Å². The maximum Gasteiger partial charge on any atom is 0.420 e. The molecule has 0 saturated carbocycles. The van der Waals surface area contributed by atoms with E-state index >= 15 is 4.39 Å². The molecule has 3 saturated heterocycles. The first-order chi connectivity index (χ1) is 35.1. The van der Waals surface area contributed by atoms with Crippen LogP contribution in [0.4, 0.5) is 38.9 Å². The molecule has 0 aliphatic carbocycles. The van der Waals surface area contributed by atoms with Crippen LogP contribution in [0.3, 0.4) is 0 Å². The number of amides is 3. The highest BCUT2D eigenvalue weighted by Crippen LogP contribution is 2.43. The number of fused-ring (bicyclic) bond motifs is 2. The minimum absolute atomic E-state index is 0.0534. The number of rotatable bonds is 17. The predicted octanol–water partition coefficient (Wildman–Crippen LogP) is 7.57. The molecule has 9 rings (SSSR count). The molecule has 18 nitrogen and oxygen atoms in total. The summed E-state index contributed by atoms with van der Waals surface area (Å²) in [5.74, 6) is -0.830. The molecule has 386 valence electrons. The molecule has 0 bridgehead atoms. The van der Waals surface area contributed by atoms with Gasteiger partial charge in [0.15, 0.2) is 5.58 Å².